The Balaban J connectivity index is 2.07. The first-order valence-electron chi connectivity index (χ1n) is 6.10. The van der Waals surface area contributed by atoms with Crippen molar-refractivity contribution >= 4 is 16.5 Å². The molecule has 0 aliphatic heterocycles. The summed E-state index contributed by atoms with van der Waals surface area (Å²) in [5, 5.41) is 4.41. The lowest BCUT2D eigenvalue weighted by molar-refractivity contribution is 0.738. The van der Waals surface area contributed by atoms with Crippen LogP contribution in [0.15, 0.2) is 0 Å². The molecule has 90 valence electrons. The average molecular weight is 239 g/mol. The van der Waals surface area contributed by atoms with E-state index >= 15 is 0 Å². The van der Waals surface area contributed by atoms with E-state index in [2.05, 4.69) is 29.0 Å². The minimum atomic E-state index is 0.928. The summed E-state index contributed by atoms with van der Waals surface area (Å²) in [6.45, 7) is 7.53. The number of anilines is 1. The molecule has 0 radical (unpaired) electrons. The summed E-state index contributed by atoms with van der Waals surface area (Å²) in [7, 11) is 1.99. The largest absolute Gasteiger partial charge is 0.348 e. The van der Waals surface area contributed by atoms with Crippen LogP contribution in [0.3, 0.4) is 0 Å². The second-order valence-electron chi connectivity index (χ2n) is 4.52. The molecule has 0 aromatic carbocycles. The minimum Gasteiger partial charge on any atom is -0.348 e. The van der Waals surface area contributed by atoms with Crippen LogP contribution < -0.4 is 10.2 Å². The van der Waals surface area contributed by atoms with Gasteiger partial charge in [-0.05, 0) is 39.7 Å². The molecular formula is C12H21N3S. The van der Waals surface area contributed by atoms with E-state index in [9.17, 15) is 0 Å². The molecule has 0 spiro atoms. The van der Waals surface area contributed by atoms with Crippen molar-refractivity contribution in [1.82, 2.24) is 10.3 Å². The topological polar surface area (TPSA) is 28.2 Å². The number of hydrogen-bond acceptors (Lipinski definition) is 4. The standard InChI is InChI=1S/C12H21N3S/c1-4-15(8-10-5-6-10)12-14-9(2)11(16-12)7-13-3/h10,13H,4-8H2,1-3H3. The van der Waals surface area contributed by atoms with Crippen molar-refractivity contribution in [2.24, 2.45) is 5.92 Å². The molecule has 2 rings (SSSR count). The lowest BCUT2D eigenvalue weighted by Gasteiger charge is -2.19. The smallest absolute Gasteiger partial charge is 0.185 e. The fourth-order valence-corrected chi connectivity index (χ4v) is 2.97. The van der Waals surface area contributed by atoms with Crippen LogP contribution >= 0.6 is 11.3 Å². The van der Waals surface area contributed by atoms with E-state index in [0.717, 1.165) is 19.0 Å². The van der Waals surface area contributed by atoms with Gasteiger partial charge in [0.15, 0.2) is 5.13 Å². The molecule has 4 heteroatoms. The van der Waals surface area contributed by atoms with Crippen molar-refractivity contribution in [1.29, 1.82) is 0 Å². The van der Waals surface area contributed by atoms with E-state index in [0.29, 0.717) is 0 Å². The maximum Gasteiger partial charge on any atom is 0.185 e. The number of rotatable bonds is 6. The second kappa shape index (κ2) is 5.15. The molecule has 1 aliphatic rings. The summed E-state index contributed by atoms with van der Waals surface area (Å²) in [5.74, 6) is 0.928. The van der Waals surface area contributed by atoms with Crippen molar-refractivity contribution in [3.63, 3.8) is 0 Å². The van der Waals surface area contributed by atoms with Crippen molar-refractivity contribution in [3.8, 4) is 0 Å². The number of aryl methyl sites for hydroxylation is 1. The number of nitrogens with one attached hydrogen (secondary N) is 1. The summed E-state index contributed by atoms with van der Waals surface area (Å²) >= 11 is 1.84. The lowest BCUT2D eigenvalue weighted by Crippen LogP contribution is -2.24. The molecule has 1 aromatic heterocycles. The molecule has 1 N–H and O–H groups in total. The van der Waals surface area contributed by atoms with Gasteiger partial charge in [-0.3, -0.25) is 0 Å². The molecule has 0 saturated heterocycles. The Hall–Kier alpha value is -0.610. The van der Waals surface area contributed by atoms with Gasteiger partial charge in [-0.1, -0.05) is 0 Å². The highest BCUT2D eigenvalue weighted by Crippen LogP contribution is 2.33. The lowest BCUT2D eigenvalue weighted by atomic mass is 10.4. The van der Waals surface area contributed by atoms with E-state index in [-0.39, 0.29) is 0 Å². The van der Waals surface area contributed by atoms with E-state index in [1.54, 1.807) is 0 Å². The van der Waals surface area contributed by atoms with Gasteiger partial charge in [-0.15, -0.1) is 11.3 Å². The van der Waals surface area contributed by atoms with E-state index < -0.39 is 0 Å². The van der Waals surface area contributed by atoms with Crippen LogP contribution in [-0.4, -0.2) is 25.1 Å². The van der Waals surface area contributed by atoms with Gasteiger partial charge in [0.1, 0.15) is 0 Å². The van der Waals surface area contributed by atoms with E-state index in [1.807, 2.05) is 18.4 Å². The van der Waals surface area contributed by atoms with E-state index in [4.69, 9.17) is 0 Å². The maximum absolute atomic E-state index is 4.69. The normalized spacial score (nSPS) is 15.4. The first-order valence-corrected chi connectivity index (χ1v) is 6.92. The molecule has 1 heterocycles. The van der Waals surface area contributed by atoms with Gasteiger partial charge < -0.3 is 10.2 Å². The molecule has 0 unspecified atom stereocenters. The van der Waals surface area contributed by atoms with Crippen molar-refractivity contribution in [2.75, 3.05) is 25.0 Å². The highest BCUT2D eigenvalue weighted by Gasteiger charge is 2.25. The maximum atomic E-state index is 4.69. The third kappa shape index (κ3) is 2.74. The van der Waals surface area contributed by atoms with Crippen molar-refractivity contribution < 1.29 is 0 Å². The van der Waals surface area contributed by atoms with Crippen molar-refractivity contribution in [3.05, 3.63) is 10.6 Å². The highest BCUT2D eigenvalue weighted by atomic mass is 32.1. The Bertz CT molecular complexity index is 344. The minimum absolute atomic E-state index is 0.928. The number of hydrogen-bond donors (Lipinski definition) is 1. The fourth-order valence-electron chi connectivity index (χ4n) is 1.83. The predicted octanol–water partition coefficient (Wildman–Crippen LogP) is 2.41. The Morgan fingerprint density at radius 3 is 2.81 bits per heavy atom. The zero-order valence-electron chi connectivity index (χ0n) is 10.4. The molecular weight excluding hydrogens is 218 g/mol. The molecule has 16 heavy (non-hydrogen) atoms. The molecule has 1 saturated carbocycles. The van der Waals surface area contributed by atoms with Gasteiger partial charge in [0.25, 0.3) is 0 Å². The van der Waals surface area contributed by atoms with Crippen LogP contribution in [-0.2, 0) is 6.54 Å². The summed E-state index contributed by atoms with van der Waals surface area (Å²) < 4.78 is 0. The third-order valence-electron chi connectivity index (χ3n) is 3.05. The highest BCUT2D eigenvalue weighted by molar-refractivity contribution is 7.15. The first kappa shape index (κ1) is 11.9. The summed E-state index contributed by atoms with van der Waals surface area (Å²) in [4.78, 5) is 8.48. The Kier molecular flexibility index (Phi) is 3.82. The fraction of sp³-hybridized carbons (Fsp3) is 0.750. The van der Waals surface area contributed by atoms with Gasteiger partial charge in [-0.2, -0.15) is 0 Å². The molecule has 1 fully saturated rings. The Labute approximate surface area is 102 Å². The SMILES string of the molecule is CCN(CC1CC1)c1nc(C)c(CNC)s1. The molecule has 3 nitrogen and oxygen atoms in total. The van der Waals surface area contributed by atoms with Crippen LogP contribution in [0.4, 0.5) is 5.13 Å². The zero-order valence-corrected chi connectivity index (χ0v) is 11.2. The monoisotopic (exact) mass is 239 g/mol. The van der Waals surface area contributed by atoms with Crippen LogP contribution in [0.2, 0.25) is 0 Å². The first-order chi connectivity index (χ1) is 7.74. The Morgan fingerprint density at radius 2 is 2.25 bits per heavy atom. The van der Waals surface area contributed by atoms with Crippen LogP contribution in [0.5, 0.6) is 0 Å². The second-order valence-corrected chi connectivity index (χ2v) is 5.58. The summed E-state index contributed by atoms with van der Waals surface area (Å²) in [5.41, 5.74) is 1.18. The molecule has 1 aliphatic carbocycles. The van der Waals surface area contributed by atoms with E-state index in [1.165, 1.54) is 35.1 Å². The van der Waals surface area contributed by atoms with Gasteiger partial charge in [0, 0.05) is 24.5 Å². The quantitative estimate of drug-likeness (QED) is 0.826. The molecule has 1 aromatic rings. The van der Waals surface area contributed by atoms with Gasteiger partial charge in [0.2, 0.25) is 0 Å². The molecule has 0 amide bonds. The van der Waals surface area contributed by atoms with Gasteiger partial charge >= 0.3 is 0 Å². The number of thiazole rings is 1. The Morgan fingerprint density at radius 1 is 1.50 bits per heavy atom. The zero-order chi connectivity index (χ0) is 11.5. The molecule has 0 bridgehead atoms. The predicted molar refractivity (Wildman–Crippen MR) is 70.2 cm³/mol. The van der Waals surface area contributed by atoms with Gasteiger partial charge in [-0.25, -0.2) is 4.98 Å². The van der Waals surface area contributed by atoms with Gasteiger partial charge in [0.05, 0.1) is 5.69 Å². The number of nitrogens with zero attached hydrogens (tertiary/aromatic N) is 2. The van der Waals surface area contributed by atoms with Crippen LogP contribution in [0.25, 0.3) is 0 Å². The summed E-state index contributed by atoms with van der Waals surface area (Å²) in [6.07, 6.45) is 2.81. The van der Waals surface area contributed by atoms with Crippen LogP contribution in [0, 0.1) is 12.8 Å². The van der Waals surface area contributed by atoms with Crippen LogP contribution in [0.1, 0.15) is 30.3 Å². The molecule has 0 atom stereocenters. The third-order valence-corrected chi connectivity index (χ3v) is 4.26. The van der Waals surface area contributed by atoms with Crippen molar-refractivity contribution in [2.45, 2.75) is 33.2 Å². The number of aromatic nitrogens is 1. The summed E-state index contributed by atoms with van der Waals surface area (Å²) in [6, 6.07) is 0. The average Bonchev–Trinajstić information content (AvgIpc) is 3.01.